The maximum Gasteiger partial charge on any atom is 0.227 e. The van der Waals surface area contributed by atoms with Crippen molar-refractivity contribution >= 4 is 16.6 Å². The Morgan fingerprint density at radius 3 is 2.48 bits per heavy atom. The molecule has 0 saturated heterocycles. The molecule has 0 aliphatic heterocycles. The number of fused-ring (bicyclic) bond motifs is 1. The molecule has 2 aromatic carbocycles. The fourth-order valence-corrected chi connectivity index (χ4v) is 3.83. The average Bonchev–Trinajstić information content (AvgIpc) is 3.25. The zero-order chi connectivity index (χ0) is 20.5. The second kappa shape index (κ2) is 7.74. The number of benzene rings is 2. The van der Waals surface area contributed by atoms with Crippen molar-refractivity contribution in [2.75, 3.05) is 11.9 Å². The van der Waals surface area contributed by atoms with Crippen molar-refractivity contribution in [3.8, 4) is 22.6 Å². The van der Waals surface area contributed by atoms with Crippen LogP contribution in [0.4, 0.5) is 5.69 Å². The van der Waals surface area contributed by atoms with E-state index in [0.717, 1.165) is 40.8 Å². The van der Waals surface area contributed by atoms with Crippen molar-refractivity contribution < 1.29 is 4.52 Å². The van der Waals surface area contributed by atoms with E-state index in [0.29, 0.717) is 17.6 Å². The second-order valence-electron chi connectivity index (χ2n) is 8.15. The number of aromatic amines is 1. The number of hydrogen-bond donors (Lipinski definition) is 2. The van der Waals surface area contributed by atoms with Crippen LogP contribution in [-0.2, 0) is 6.42 Å². The summed E-state index contributed by atoms with van der Waals surface area (Å²) in [6.07, 6.45) is 0.791. The first-order valence-electron chi connectivity index (χ1n) is 10.3. The Kier molecular flexibility index (Phi) is 5.14. The van der Waals surface area contributed by atoms with Crippen LogP contribution in [0, 0.1) is 19.8 Å². The minimum Gasteiger partial charge on any atom is -0.383 e. The van der Waals surface area contributed by atoms with E-state index < -0.39 is 0 Å². The smallest absolute Gasteiger partial charge is 0.227 e. The monoisotopic (exact) mass is 388 g/mol. The molecule has 4 aromatic rings. The third kappa shape index (κ3) is 3.90. The van der Waals surface area contributed by atoms with Gasteiger partial charge in [-0.1, -0.05) is 36.2 Å². The van der Waals surface area contributed by atoms with Crippen LogP contribution in [0.15, 0.2) is 40.9 Å². The summed E-state index contributed by atoms with van der Waals surface area (Å²) in [5, 5.41) is 8.88. The largest absolute Gasteiger partial charge is 0.383 e. The number of aromatic nitrogens is 3. The summed E-state index contributed by atoms with van der Waals surface area (Å²) in [5.74, 6) is 1.81. The van der Waals surface area contributed by atoms with Crippen LogP contribution >= 0.6 is 0 Å². The molecule has 0 atom stereocenters. The Balaban J connectivity index is 1.82. The Labute approximate surface area is 171 Å². The Bertz CT molecular complexity index is 1130. The molecular formula is C24H28N4O. The highest BCUT2D eigenvalue weighted by molar-refractivity contribution is 6.02. The van der Waals surface area contributed by atoms with Gasteiger partial charge in [-0.2, -0.15) is 4.98 Å². The maximum atomic E-state index is 5.44. The molecule has 0 aliphatic carbocycles. The van der Waals surface area contributed by atoms with Gasteiger partial charge in [-0.25, -0.2) is 0 Å². The number of anilines is 1. The van der Waals surface area contributed by atoms with Crippen LogP contribution < -0.4 is 5.32 Å². The third-order valence-corrected chi connectivity index (χ3v) is 4.97. The highest BCUT2D eigenvalue weighted by Gasteiger charge is 2.16. The van der Waals surface area contributed by atoms with Gasteiger partial charge in [0.25, 0.3) is 0 Å². The summed E-state index contributed by atoms with van der Waals surface area (Å²) in [6, 6.07) is 12.9. The van der Waals surface area contributed by atoms with E-state index in [1.165, 1.54) is 16.7 Å². The highest BCUT2D eigenvalue weighted by atomic mass is 16.5. The SMILES string of the molecule is CCNc1c(-c2cc(C)cc(C)c2)[nH]c2ccc(-c3noc(CC(C)C)n3)cc12. The molecule has 0 amide bonds. The molecule has 0 aliphatic rings. The van der Waals surface area contributed by atoms with Crippen molar-refractivity contribution in [1.82, 2.24) is 15.1 Å². The zero-order valence-corrected chi connectivity index (χ0v) is 17.8. The van der Waals surface area contributed by atoms with Crippen molar-refractivity contribution in [2.24, 2.45) is 5.92 Å². The fourth-order valence-electron chi connectivity index (χ4n) is 3.83. The van der Waals surface area contributed by atoms with E-state index in [2.05, 4.69) is 85.4 Å². The summed E-state index contributed by atoms with van der Waals surface area (Å²) in [7, 11) is 0. The van der Waals surface area contributed by atoms with E-state index in [1.807, 2.05) is 6.07 Å². The Hall–Kier alpha value is -3.08. The molecular weight excluding hydrogens is 360 g/mol. The molecule has 0 fully saturated rings. The molecule has 0 saturated carbocycles. The van der Waals surface area contributed by atoms with Gasteiger partial charge < -0.3 is 14.8 Å². The third-order valence-electron chi connectivity index (χ3n) is 4.97. The zero-order valence-electron chi connectivity index (χ0n) is 17.8. The van der Waals surface area contributed by atoms with E-state index in [9.17, 15) is 0 Å². The van der Waals surface area contributed by atoms with Crippen molar-refractivity contribution in [3.63, 3.8) is 0 Å². The van der Waals surface area contributed by atoms with Gasteiger partial charge in [0.2, 0.25) is 11.7 Å². The summed E-state index contributed by atoms with van der Waals surface area (Å²) >= 11 is 0. The number of nitrogens with zero attached hydrogens (tertiary/aromatic N) is 2. The van der Waals surface area contributed by atoms with Gasteiger partial charge in [0, 0.05) is 35.0 Å². The van der Waals surface area contributed by atoms with Crippen molar-refractivity contribution in [2.45, 2.75) is 41.0 Å². The fraction of sp³-hybridized carbons (Fsp3) is 0.333. The lowest BCUT2D eigenvalue weighted by Gasteiger charge is -2.08. The summed E-state index contributed by atoms with van der Waals surface area (Å²) in [5.41, 5.74) is 7.97. The Morgan fingerprint density at radius 1 is 1.03 bits per heavy atom. The Morgan fingerprint density at radius 2 is 1.79 bits per heavy atom. The normalized spacial score (nSPS) is 11.5. The van der Waals surface area contributed by atoms with E-state index in [-0.39, 0.29) is 0 Å². The molecule has 29 heavy (non-hydrogen) atoms. The number of nitrogens with one attached hydrogen (secondary N) is 2. The molecule has 150 valence electrons. The number of H-pyrrole nitrogens is 1. The van der Waals surface area contributed by atoms with Gasteiger partial charge in [-0.05, 0) is 57.0 Å². The van der Waals surface area contributed by atoms with Gasteiger partial charge in [-0.3, -0.25) is 0 Å². The van der Waals surface area contributed by atoms with Crippen LogP contribution in [0.1, 0.15) is 37.8 Å². The van der Waals surface area contributed by atoms with Gasteiger partial charge in [0.15, 0.2) is 0 Å². The molecule has 4 rings (SSSR count). The number of hydrogen-bond acceptors (Lipinski definition) is 4. The van der Waals surface area contributed by atoms with Crippen LogP contribution in [0.3, 0.4) is 0 Å². The summed E-state index contributed by atoms with van der Waals surface area (Å²) < 4.78 is 5.44. The lowest BCUT2D eigenvalue weighted by atomic mass is 10.0. The summed E-state index contributed by atoms with van der Waals surface area (Å²) in [4.78, 5) is 8.19. The lowest BCUT2D eigenvalue weighted by molar-refractivity contribution is 0.363. The van der Waals surface area contributed by atoms with Crippen molar-refractivity contribution in [1.29, 1.82) is 0 Å². The minimum absolute atomic E-state index is 0.483. The molecule has 2 N–H and O–H groups in total. The molecule has 0 bridgehead atoms. The number of rotatable bonds is 6. The standard InChI is InChI=1S/C24H28N4O/c1-6-25-23-19-13-17(24-27-21(29-28-24)9-14(2)3)7-8-20(19)26-22(23)18-11-15(4)10-16(5)12-18/h7-8,10-14,25-26H,6,9H2,1-5H3. The van der Waals surface area contributed by atoms with Crippen LogP contribution in [0.5, 0.6) is 0 Å². The van der Waals surface area contributed by atoms with E-state index >= 15 is 0 Å². The molecule has 0 radical (unpaired) electrons. The molecule has 2 heterocycles. The number of aryl methyl sites for hydroxylation is 2. The predicted molar refractivity (Wildman–Crippen MR) is 119 cm³/mol. The lowest BCUT2D eigenvalue weighted by Crippen LogP contribution is -1.97. The topological polar surface area (TPSA) is 66.7 Å². The first-order chi connectivity index (χ1) is 13.9. The molecule has 0 unspecified atom stereocenters. The average molecular weight is 389 g/mol. The molecule has 5 nitrogen and oxygen atoms in total. The van der Waals surface area contributed by atoms with Gasteiger partial charge in [0.1, 0.15) is 0 Å². The molecule has 2 aromatic heterocycles. The van der Waals surface area contributed by atoms with Crippen LogP contribution in [-0.4, -0.2) is 21.7 Å². The van der Waals surface area contributed by atoms with E-state index in [4.69, 9.17) is 4.52 Å². The van der Waals surface area contributed by atoms with Crippen molar-refractivity contribution in [3.05, 3.63) is 53.4 Å². The first kappa shape index (κ1) is 19.2. The first-order valence-corrected chi connectivity index (χ1v) is 10.3. The van der Waals surface area contributed by atoms with Crippen LogP contribution in [0.2, 0.25) is 0 Å². The van der Waals surface area contributed by atoms with Gasteiger partial charge in [0.05, 0.1) is 11.4 Å². The van der Waals surface area contributed by atoms with Gasteiger partial charge in [-0.15, -0.1) is 0 Å². The maximum absolute atomic E-state index is 5.44. The second-order valence-corrected chi connectivity index (χ2v) is 8.15. The molecule has 5 heteroatoms. The predicted octanol–water partition coefficient (Wildman–Crippen LogP) is 6.13. The molecule has 0 spiro atoms. The highest BCUT2D eigenvalue weighted by Crippen LogP contribution is 2.37. The minimum atomic E-state index is 0.483. The van der Waals surface area contributed by atoms with E-state index in [1.54, 1.807) is 0 Å². The van der Waals surface area contributed by atoms with Crippen LogP contribution in [0.25, 0.3) is 33.5 Å². The van der Waals surface area contributed by atoms with Gasteiger partial charge >= 0.3 is 0 Å². The quantitative estimate of drug-likeness (QED) is 0.417. The summed E-state index contributed by atoms with van der Waals surface area (Å²) in [6.45, 7) is 11.5.